The molecule has 0 rings (SSSR count). The zero-order valence-corrected chi connectivity index (χ0v) is 27.7. The van der Waals surface area contributed by atoms with Crippen molar-refractivity contribution in [1.82, 2.24) is 5.32 Å². The van der Waals surface area contributed by atoms with Crippen LogP contribution in [0.2, 0.25) is 0 Å². The van der Waals surface area contributed by atoms with Gasteiger partial charge in [-0.25, -0.2) is 0 Å². The Morgan fingerprint density at radius 2 is 1.16 bits per heavy atom. The third-order valence-electron chi connectivity index (χ3n) is 4.61. The fourth-order valence-electron chi connectivity index (χ4n) is 2.42. The zero-order chi connectivity index (χ0) is 30.0. The Labute approximate surface area is 239 Å². The van der Waals surface area contributed by atoms with Crippen molar-refractivity contribution in [3.63, 3.8) is 0 Å². The van der Waals surface area contributed by atoms with Crippen LogP contribution >= 0.6 is 11.8 Å². The van der Waals surface area contributed by atoms with Gasteiger partial charge in [0.2, 0.25) is 0 Å². The summed E-state index contributed by atoms with van der Waals surface area (Å²) in [5.74, 6) is 3.39. The van der Waals surface area contributed by atoms with Crippen LogP contribution in [0.1, 0.15) is 109 Å². The first-order valence-corrected chi connectivity index (χ1v) is 14.8. The van der Waals surface area contributed by atoms with Gasteiger partial charge in [-0.3, -0.25) is 0 Å². The van der Waals surface area contributed by atoms with Gasteiger partial charge < -0.3 is 5.32 Å². The van der Waals surface area contributed by atoms with Crippen molar-refractivity contribution in [2.75, 3.05) is 11.5 Å². The van der Waals surface area contributed by atoms with E-state index in [4.69, 9.17) is 0 Å². The van der Waals surface area contributed by atoms with Gasteiger partial charge in [-0.15, -0.1) is 19.4 Å². The molecule has 0 saturated heterocycles. The van der Waals surface area contributed by atoms with Gasteiger partial charge in [0.25, 0.3) is 0 Å². The minimum Gasteiger partial charge on any atom is -0.381 e. The van der Waals surface area contributed by atoms with E-state index in [-0.39, 0.29) is 0 Å². The van der Waals surface area contributed by atoms with Gasteiger partial charge in [0.1, 0.15) is 0 Å². The lowest BCUT2D eigenvalue weighted by Gasteiger charge is -2.23. The second-order valence-electron chi connectivity index (χ2n) is 11.2. The standard InChI is InChI=1S/C25H43NS.C4H10.C4H8.C2H2/c1-19(2)12-10-13-22(7)14-11-15-23(8)16-17-27-18-25(21(5)6)26-24(9)20(3)4;2*1-4(2)3;1-2/h12,14,16,20,25-26H,5,9-11,13,15,17-18H2,1-4,6-8H3;4H,1-3H3;1H2,2-3H3;1-2H/b22-14+,23-16+;;;. The van der Waals surface area contributed by atoms with Gasteiger partial charge >= 0.3 is 0 Å². The first-order valence-electron chi connectivity index (χ1n) is 13.7. The average Bonchev–Trinajstić information content (AvgIpc) is 2.75. The van der Waals surface area contributed by atoms with Crippen molar-refractivity contribution in [1.29, 1.82) is 0 Å². The number of hydrogen-bond acceptors (Lipinski definition) is 2. The summed E-state index contributed by atoms with van der Waals surface area (Å²) >= 11 is 1.96. The summed E-state index contributed by atoms with van der Waals surface area (Å²) in [7, 11) is 0. The van der Waals surface area contributed by atoms with Crippen LogP contribution in [-0.4, -0.2) is 17.5 Å². The maximum atomic E-state index is 4.13. The molecule has 1 unspecified atom stereocenters. The Morgan fingerprint density at radius 3 is 1.54 bits per heavy atom. The van der Waals surface area contributed by atoms with Crippen LogP contribution in [0.25, 0.3) is 0 Å². The largest absolute Gasteiger partial charge is 0.381 e. The van der Waals surface area contributed by atoms with Crippen LogP contribution in [0, 0.1) is 24.7 Å². The molecule has 37 heavy (non-hydrogen) atoms. The highest BCUT2D eigenvalue weighted by Crippen LogP contribution is 2.15. The van der Waals surface area contributed by atoms with Gasteiger partial charge in [0.05, 0.1) is 6.04 Å². The highest BCUT2D eigenvalue weighted by molar-refractivity contribution is 7.99. The van der Waals surface area contributed by atoms with Gasteiger partial charge in [0, 0.05) is 17.2 Å². The molecule has 0 fully saturated rings. The first-order chi connectivity index (χ1) is 17.1. The third-order valence-corrected chi connectivity index (χ3v) is 5.58. The molecule has 0 aromatic heterocycles. The monoisotopic (exact) mass is 529 g/mol. The van der Waals surface area contributed by atoms with Crippen molar-refractivity contribution in [3.8, 4) is 12.8 Å². The maximum absolute atomic E-state index is 4.13. The van der Waals surface area contributed by atoms with Crippen molar-refractivity contribution in [3.05, 3.63) is 71.5 Å². The molecular weight excluding hydrogens is 466 g/mol. The van der Waals surface area contributed by atoms with Gasteiger partial charge in [-0.1, -0.05) is 93.9 Å². The van der Waals surface area contributed by atoms with E-state index in [1.54, 1.807) is 0 Å². The summed E-state index contributed by atoms with van der Waals surface area (Å²) < 4.78 is 0. The van der Waals surface area contributed by atoms with E-state index in [0.717, 1.165) is 42.4 Å². The highest BCUT2D eigenvalue weighted by Gasteiger charge is 2.11. The van der Waals surface area contributed by atoms with Crippen LogP contribution in [-0.2, 0) is 0 Å². The molecule has 0 radical (unpaired) electrons. The van der Waals surface area contributed by atoms with E-state index in [2.05, 4.69) is 125 Å². The fraction of sp³-hybridized carbons (Fsp3) is 0.600. The van der Waals surface area contributed by atoms with E-state index in [9.17, 15) is 0 Å². The number of thioether (sulfide) groups is 1. The molecule has 1 nitrogen and oxygen atoms in total. The number of hydrogen-bond donors (Lipinski definition) is 1. The van der Waals surface area contributed by atoms with Crippen LogP contribution < -0.4 is 5.32 Å². The minimum absolute atomic E-state index is 0.310. The number of rotatable bonds is 14. The highest BCUT2D eigenvalue weighted by atomic mass is 32.2. The topological polar surface area (TPSA) is 12.0 Å². The maximum Gasteiger partial charge on any atom is 0.0556 e. The molecule has 214 valence electrons. The normalized spacial score (nSPS) is 11.6. The molecule has 0 aromatic carbocycles. The van der Waals surface area contributed by atoms with E-state index >= 15 is 0 Å². The third kappa shape index (κ3) is 41.5. The summed E-state index contributed by atoms with van der Waals surface area (Å²) in [6.45, 7) is 37.5. The Kier molecular flexibility index (Phi) is 32.8. The Balaban J connectivity index is -0.000000464. The molecule has 0 aromatic rings. The molecule has 1 atom stereocenters. The molecule has 0 aliphatic carbocycles. The van der Waals surface area contributed by atoms with E-state index < -0.39 is 0 Å². The predicted molar refractivity (Wildman–Crippen MR) is 179 cm³/mol. The van der Waals surface area contributed by atoms with Gasteiger partial charge in [-0.05, 0) is 86.0 Å². The molecule has 0 aliphatic heterocycles. The molecule has 0 amide bonds. The Hall–Kier alpha value is -1.85. The van der Waals surface area contributed by atoms with E-state index in [1.807, 2.05) is 25.6 Å². The lowest BCUT2D eigenvalue weighted by Crippen LogP contribution is -2.33. The van der Waals surface area contributed by atoms with Crippen LogP contribution in [0.3, 0.4) is 0 Å². The van der Waals surface area contributed by atoms with Crippen molar-refractivity contribution >= 4 is 11.8 Å². The molecule has 0 spiro atoms. The van der Waals surface area contributed by atoms with Crippen LogP contribution in [0.15, 0.2) is 71.5 Å². The molecule has 1 N–H and O–H groups in total. The van der Waals surface area contributed by atoms with Crippen molar-refractivity contribution in [2.24, 2.45) is 11.8 Å². The predicted octanol–water partition coefficient (Wildman–Crippen LogP) is 11.3. The van der Waals surface area contributed by atoms with E-state index in [1.165, 1.54) is 34.3 Å². The molecule has 0 saturated carbocycles. The molecule has 2 heteroatoms. The fourth-order valence-corrected chi connectivity index (χ4v) is 3.57. The number of terminal acetylenes is 1. The van der Waals surface area contributed by atoms with Crippen molar-refractivity contribution in [2.45, 2.75) is 115 Å². The molecular formula is C35H63NS. The lowest BCUT2D eigenvalue weighted by molar-refractivity contribution is 0.612. The lowest BCUT2D eigenvalue weighted by atomic mass is 10.1. The SMILES string of the molecule is C#C.C=C(C)C.C=C(NC(CSC/C=C(\C)CC/C=C(\C)CCC=C(C)C)C(=C)C)C(C)C.CC(C)C. The number of allylic oxidation sites excluding steroid dienone is 7. The Bertz CT molecular complexity index is 702. The van der Waals surface area contributed by atoms with Crippen LogP contribution in [0.4, 0.5) is 0 Å². The summed E-state index contributed by atoms with van der Waals surface area (Å²) in [4.78, 5) is 0. The number of nitrogens with one attached hydrogen (secondary N) is 1. The molecule has 0 aliphatic rings. The second-order valence-corrected chi connectivity index (χ2v) is 12.2. The quantitative estimate of drug-likeness (QED) is 0.136. The van der Waals surface area contributed by atoms with E-state index in [0.29, 0.717) is 12.0 Å². The summed E-state index contributed by atoms with van der Waals surface area (Å²) in [6, 6.07) is 0.310. The smallest absolute Gasteiger partial charge is 0.0556 e. The second kappa shape index (κ2) is 28.7. The Morgan fingerprint density at radius 1 is 0.757 bits per heavy atom. The van der Waals surface area contributed by atoms with Gasteiger partial charge in [-0.2, -0.15) is 11.8 Å². The summed E-state index contributed by atoms with van der Waals surface area (Å²) in [5, 5.41) is 3.53. The zero-order valence-electron chi connectivity index (χ0n) is 26.9. The average molecular weight is 530 g/mol. The molecule has 0 bridgehead atoms. The van der Waals surface area contributed by atoms with Crippen LogP contribution in [0.5, 0.6) is 0 Å². The first kappa shape index (κ1) is 42.2. The molecule has 0 heterocycles. The van der Waals surface area contributed by atoms with Gasteiger partial charge in [0.15, 0.2) is 0 Å². The minimum atomic E-state index is 0.310. The van der Waals surface area contributed by atoms with Crippen molar-refractivity contribution < 1.29 is 0 Å². The summed E-state index contributed by atoms with van der Waals surface area (Å²) in [6.07, 6.45) is 19.8. The summed E-state index contributed by atoms with van der Waals surface area (Å²) in [5.41, 5.74) is 7.86.